The molecule has 1 amide bonds. The van der Waals surface area contributed by atoms with Crippen LogP contribution in [0.1, 0.15) is 20.8 Å². The molecule has 0 bridgehead atoms. The second kappa shape index (κ2) is 9.45. The van der Waals surface area contributed by atoms with Crippen molar-refractivity contribution in [2.45, 2.75) is 20.8 Å². The molecule has 0 radical (unpaired) electrons. The molecule has 1 unspecified atom stereocenters. The molecule has 0 aliphatic carbocycles. The average molecular weight is 322 g/mol. The maximum Gasteiger partial charge on any atom is 0.314 e. The van der Waals surface area contributed by atoms with Crippen molar-refractivity contribution in [1.29, 1.82) is 0 Å². The zero-order valence-corrected chi connectivity index (χ0v) is 13.8. The van der Waals surface area contributed by atoms with Crippen LogP contribution in [0, 0.1) is 5.92 Å². The molecule has 0 saturated carbocycles. The van der Waals surface area contributed by atoms with Gasteiger partial charge in [-0.1, -0.05) is 12.1 Å². The third-order valence-electron chi connectivity index (χ3n) is 3.05. The molecule has 1 rings (SSSR count). The number of esters is 1. The molecule has 1 aromatic carbocycles. The Morgan fingerprint density at radius 2 is 1.91 bits per heavy atom. The lowest BCUT2D eigenvalue weighted by Gasteiger charge is -2.11. The Balaban J connectivity index is 2.50. The van der Waals surface area contributed by atoms with E-state index in [1.807, 2.05) is 0 Å². The van der Waals surface area contributed by atoms with Gasteiger partial charge < -0.3 is 14.2 Å². The van der Waals surface area contributed by atoms with Gasteiger partial charge >= 0.3 is 5.97 Å². The number of carbonyl (C=O) groups is 2. The molecule has 0 spiro atoms. The fraction of sp³-hybridized carbons (Fsp3) is 0.438. The molecule has 0 fully saturated rings. The highest BCUT2D eigenvalue weighted by atomic mass is 16.5. The molecule has 7 heteroatoms. The van der Waals surface area contributed by atoms with Crippen LogP contribution in [0.25, 0.3) is 0 Å². The third kappa shape index (κ3) is 5.98. The Labute approximate surface area is 135 Å². The van der Waals surface area contributed by atoms with Crippen LogP contribution >= 0.6 is 0 Å². The fourth-order valence-electron chi connectivity index (χ4n) is 1.60. The summed E-state index contributed by atoms with van der Waals surface area (Å²) >= 11 is 0. The van der Waals surface area contributed by atoms with Crippen LogP contribution in [0.15, 0.2) is 29.4 Å². The van der Waals surface area contributed by atoms with Crippen molar-refractivity contribution in [2.24, 2.45) is 11.0 Å². The van der Waals surface area contributed by atoms with Gasteiger partial charge in [0.1, 0.15) is 0 Å². The van der Waals surface area contributed by atoms with Crippen molar-refractivity contribution >= 4 is 17.6 Å². The van der Waals surface area contributed by atoms with E-state index in [0.29, 0.717) is 23.8 Å². The first-order chi connectivity index (χ1) is 11.0. The van der Waals surface area contributed by atoms with E-state index in [1.165, 1.54) is 7.11 Å². The van der Waals surface area contributed by atoms with Gasteiger partial charge in [0, 0.05) is 5.71 Å². The summed E-state index contributed by atoms with van der Waals surface area (Å²) in [6.45, 7) is 5.12. The van der Waals surface area contributed by atoms with E-state index in [2.05, 4.69) is 10.5 Å². The van der Waals surface area contributed by atoms with Gasteiger partial charge in [-0.3, -0.25) is 9.59 Å². The Hall–Kier alpha value is -2.57. The number of hydrogen-bond acceptors (Lipinski definition) is 6. The summed E-state index contributed by atoms with van der Waals surface area (Å²) in [5.41, 5.74) is 2.80. The number of ether oxygens (including phenoxy) is 3. The number of para-hydroxylation sites is 2. The molecule has 0 heterocycles. The summed E-state index contributed by atoms with van der Waals surface area (Å²) in [5, 5.41) is 3.89. The summed E-state index contributed by atoms with van der Waals surface area (Å²) in [4.78, 5) is 23.3. The Morgan fingerprint density at radius 3 is 2.52 bits per heavy atom. The first-order valence-electron chi connectivity index (χ1n) is 7.25. The summed E-state index contributed by atoms with van der Waals surface area (Å²) in [5.74, 6) is -0.341. The smallest absolute Gasteiger partial charge is 0.314 e. The van der Waals surface area contributed by atoms with E-state index < -0.39 is 11.8 Å². The number of carbonyl (C=O) groups excluding carboxylic acids is 2. The maximum atomic E-state index is 11.7. The highest BCUT2D eigenvalue weighted by Gasteiger charge is 2.17. The van der Waals surface area contributed by atoms with E-state index in [4.69, 9.17) is 14.2 Å². The molecule has 0 aliphatic rings. The average Bonchev–Trinajstić information content (AvgIpc) is 2.57. The molecule has 126 valence electrons. The quantitative estimate of drug-likeness (QED) is 0.448. The van der Waals surface area contributed by atoms with Gasteiger partial charge in [-0.05, 0) is 32.9 Å². The molecule has 1 aromatic rings. The summed E-state index contributed by atoms with van der Waals surface area (Å²) in [7, 11) is 1.52. The number of hydrogen-bond donors (Lipinski definition) is 1. The van der Waals surface area contributed by atoms with E-state index in [9.17, 15) is 9.59 Å². The highest BCUT2D eigenvalue weighted by Crippen LogP contribution is 2.25. The molecule has 7 nitrogen and oxygen atoms in total. The number of amides is 1. The minimum atomic E-state index is -0.523. The lowest BCUT2D eigenvalue weighted by atomic mass is 10.1. The van der Waals surface area contributed by atoms with Crippen LogP contribution in [0.4, 0.5) is 0 Å². The monoisotopic (exact) mass is 322 g/mol. The number of benzene rings is 1. The van der Waals surface area contributed by atoms with Crippen molar-refractivity contribution in [1.82, 2.24) is 5.43 Å². The number of rotatable bonds is 8. The van der Waals surface area contributed by atoms with Crippen LogP contribution in [0.2, 0.25) is 0 Å². The van der Waals surface area contributed by atoms with Gasteiger partial charge in [0.25, 0.3) is 5.91 Å². The van der Waals surface area contributed by atoms with Crippen molar-refractivity contribution in [3.63, 3.8) is 0 Å². The minimum absolute atomic E-state index is 0.217. The lowest BCUT2D eigenvalue weighted by Crippen LogP contribution is -2.28. The summed E-state index contributed by atoms with van der Waals surface area (Å²) in [6.07, 6.45) is 0. The van der Waals surface area contributed by atoms with Gasteiger partial charge in [-0.2, -0.15) is 5.10 Å². The maximum absolute atomic E-state index is 11.7. The van der Waals surface area contributed by atoms with Crippen molar-refractivity contribution < 1.29 is 23.8 Å². The molecule has 1 atom stereocenters. The largest absolute Gasteiger partial charge is 0.493 e. The van der Waals surface area contributed by atoms with Crippen LogP contribution in [0.3, 0.4) is 0 Å². The third-order valence-corrected chi connectivity index (χ3v) is 3.05. The van der Waals surface area contributed by atoms with Crippen molar-refractivity contribution in [3.05, 3.63) is 24.3 Å². The summed E-state index contributed by atoms with van der Waals surface area (Å²) in [6, 6.07) is 7.01. The van der Waals surface area contributed by atoms with Crippen molar-refractivity contribution in [3.8, 4) is 11.5 Å². The first-order valence-corrected chi connectivity index (χ1v) is 7.25. The minimum Gasteiger partial charge on any atom is -0.493 e. The molecule has 0 aliphatic heterocycles. The van der Waals surface area contributed by atoms with E-state index >= 15 is 0 Å². The van der Waals surface area contributed by atoms with Gasteiger partial charge in [0.05, 0.1) is 19.6 Å². The topological polar surface area (TPSA) is 86.2 Å². The van der Waals surface area contributed by atoms with Crippen LogP contribution in [-0.4, -0.2) is 37.9 Å². The lowest BCUT2D eigenvalue weighted by molar-refractivity contribution is -0.145. The molecule has 23 heavy (non-hydrogen) atoms. The van der Waals surface area contributed by atoms with Gasteiger partial charge in [-0.25, -0.2) is 5.43 Å². The Kier molecular flexibility index (Phi) is 7.59. The van der Waals surface area contributed by atoms with Gasteiger partial charge in [0.2, 0.25) is 0 Å². The number of nitrogens with zero attached hydrogens (tertiary/aromatic N) is 1. The SMILES string of the molecule is CCOC(=O)C(C)C(C)=NNC(=O)COc1ccccc1OC. The molecule has 0 saturated heterocycles. The number of nitrogens with one attached hydrogen (secondary N) is 1. The van der Waals surface area contributed by atoms with E-state index in [0.717, 1.165) is 0 Å². The van der Waals surface area contributed by atoms with Crippen molar-refractivity contribution in [2.75, 3.05) is 20.3 Å². The normalized spacial score (nSPS) is 12.3. The van der Waals surface area contributed by atoms with Crippen LogP contribution in [0.5, 0.6) is 11.5 Å². The second-order valence-electron chi connectivity index (χ2n) is 4.70. The Bertz CT molecular complexity index is 571. The highest BCUT2D eigenvalue weighted by molar-refractivity contribution is 6.00. The predicted octanol–water partition coefficient (Wildman–Crippen LogP) is 1.77. The van der Waals surface area contributed by atoms with E-state index in [1.54, 1.807) is 45.0 Å². The van der Waals surface area contributed by atoms with E-state index in [-0.39, 0.29) is 12.6 Å². The second-order valence-corrected chi connectivity index (χ2v) is 4.70. The Morgan fingerprint density at radius 1 is 1.26 bits per heavy atom. The molecular formula is C16H22N2O5. The zero-order valence-electron chi connectivity index (χ0n) is 13.8. The molecule has 1 N–H and O–H groups in total. The summed E-state index contributed by atoms with van der Waals surface area (Å²) < 4.78 is 15.4. The van der Waals surface area contributed by atoms with Gasteiger partial charge in [-0.15, -0.1) is 0 Å². The standard InChI is InChI=1S/C16H22N2O5/c1-5-22-16(20)11(2)12(3)17-18-15(19)10-23-14-9-7-6-8-13(14)21-4/h6-9,11H,5,10H2,1-4H3,(H,18,19). The number of methoxy groups -OCH3 is 1. The van der Waals surface area contributed by atoms with Crippen LogP contribution < -0.4 is 14.9 Å². The van der Waals surface area contributed by atoms with Crippen LogP contribution in [-0.2, 0) is 14.3 Å². The number of hydrazone groups is 1. The first kappa shape index (κ1) is 18.5. The fourth-order valence-corrected chi connectivity index (χ4v) is 1.60. The predicted molar refractivity (Wildman–Crippen MR) is 85.5 cm³/mol. The molecular weight excluding hydrogens is 300 g/mol. The zero-order chi connectivity index (χ0) is 17.2. The molecule has 0 aromatic heterocycles. The van der Waals surface area contributed by atoms with Gasteiger partial charge in [0.15, 0.2) is 18.1 Å².